The third-order valence-corrected chi connectivity index (χ3v) is 8.81. The van der Waals surface area contributed by atoms with Crippen molar-refractivity contribution in [2.75, 3.05) is 0 Å². The summed E-state index contributed by atoms with van der Waals surface area (Å²) in [5.74, 6) is 2.93. The van der Waals surface area contributed by atoms with Crippen LogP contribution in [0.4, 0.5) is 0 Å². The zero-order valence-corrected chi connectivity index (χ0v) is 17.9. The van der Waals surface area contributed by atoms with Gasteiger partial charge in [0.15, 0.2) is 0 Å². The first-order valence-corrected chi connectivity index (χ1v) is 12.0. The quantitative estimate of drug-likeness (QED) is 0.763. The van der Waals surface area contributed by atoms with Gasteiger partial charge in [0.1, 0.15) is 0 Å². The van der Waals surface area contributed by atoms with Gasteiger partial charge in [-0.3, -0.25) is 4.79 Å². The number of hydrogen-bond donors (Lipinski definition) is 2. The maximum Gasteiger partial charge on any atom is 0.241 e. The molecule has 1 amide bonds. The van der Waals surface area contributed by atoms with Gasteiger partial charge in [-0.1, -0.05) is 18.2 Å². The van der Waals surface area contributed by atoms with Crippen LogP contribution in [0.1, 0.15) is 57.9 Å². The second-order valence-electron chi connectivity index (χ2n) is 9.96. The maximum atomic E-state index is 12.8. The fourth-order valence-electron chi connectivity index (χ4n) is 6.11. The second kappa shape index (κ2) is 7.13. The van der Waals surface area contributed by atoms with Crippen LogP contribution in [0, 0.1) is 30.6 Å². The molecule has 0 spiro atoms. The molecule has 0 radical (unpaired) electrons. The monoisotopic (exact) mass is 404 g/mol. The van der Waals surface area contributed by atoms with Crippen LogP contribution in [-0.4, -0.2) is 25.9 Å². The lowest BCUT2D eigenvalue weighted by atomic mass is 9.54. The zero-order chi connectivity index (χ0) is 20.1. The minimum Gasteiger partial charge on any atom is -0.353 e. The molecule has 4 aliphatic carbocycles. The molecule has 154 valence electrons. The standard InChI is InChI=1S/C22H32N2O3S/c1-14-6-4-5-7-19(14)28(26,27)24-22(2,3)13-20(25)23-21-17-9-15-8-16(11-17)12-18(21)10-15/h4-7,15-18,21,24H,8-13H2,1-3H3,(H,23,25). The van der Waals surface area contributed by atoms with Crippen LogP contribution in [0.3, 0.4) is 0 Å². The van der Waals surface area contributed by atoms with Gasteiger partial charge in [-0.05, 0) is 88.2 Å². The number of carbonyl (C=O) groups excluding carboxylic acids is 1. The minimum absolute atomic E-state index is 0.0463. The van der Waals surface area contributed by atoms with E-state index in [9.17, 15) is 13.2 Å². The number of amides is 1. The van der Waals surface area contributed by atoms with Crippen molar-refractivity contribution in [2.24, 2.45) is 23.7 Å². The number of hydrogen-bond acceptors (Lipinski definition) is 3. The number of aryl methyl sites for hydroxylation is 1. The lowest BCUT2D eigenvalue weighted by Gasteiger charge is -2.54. The molecule has 0 saturated heterocycles. The molecule has 6 heteroatoms. The van der Waals surface area contributed by atoms with E-state index in [4.69, 9.17) is 0 Å². The number of sulfonamides is 1. The summed E-state index contributed by atoms with van der Waals surface area (Å²) in [5.41, 5.74) is -0.152. The van der Waals surface area contributed by atoms with Crippen LogP contribution >= 0.6 is 0 Å². The first-order chi connectivity index (χ1) is 13.1. The van der Waals surface area contributed by atoms with Crippen molar-refractivity contribution in [2.45, 2.75) is 75.8 Å². The molecule has 4 saturated carbocycles. The largest absolute Gasteiger partial charge is 0.353 e. The average molecular weight is 405 g/mol. The molecule has 0 aliphatic heterocycles. The topological polar surface area (TPSA) is 75.3 Å². The number of carbonyl (C=O) groups is 1. The van der Waals surface area contributed by atoms with E-state index >= 15 is 0 Å². The Morgan fingerprint density at radius 3 is 2.18 bits per heavy atom. The number of nitrogens with one attached hydrogen (secondary N) is 2. The van der Waals surface area contributed by atoms with Crippen molar-refractivity contribution in [3.63, 3.8) is 0 Å². The Kier molecular flexibility index (Phi) is 5.07. The Hall–Kier alpha value is -1.40. The molecule has 5 rings (SSSR count). The number of benzene rings is 1. The molecule has 28 heavy (non-hydrogen) atoms. The fraction of sp³-hybridized carbons (Fsp3) is 0.682. The summed E-state index contributed by atoms with van der Waals surface area (Å²) in [6.45, 7) is 5.33. The van der Waals surface area contributed by atoms with E-state index in [1.807, 2.05) is 6.07 Å². The van der Waals surface area contributed by atoms with Crippen LogP contribution in [0.2, 0.25) is 0 Å². The summed E-state index contributed by atoms with van der Waals surface area (Å²) in [5, 5.41) is 3.28. The molecule has 0 aromatic heterocycles. The lowest BCUT2D eigenvalue weighted by Crippen LogP contribution is -2.57. The van der Waals surface area contributed by atoms with Gasteiger partial charge < -0.3 is 5.32 Å². The van der Waals surface area contributed by atoms with Gasteiger partial charge in [-0.25, -0.2) is 13.1 Å². The molecular weight excluding hydrogens is 372 g/mol. The number of rotatable bonds is 6. The molecule has 0 heterocycles. The van der Waals surface area contributed by atoms with E-state index in [0.29, 0.717) is 17.4 Å². The Morgan fingerprint density at radius 1 is 1.04 bits per heavy atom. The van der Waals surface area contributed by atoms with Crippen LogP contribution < -0.4 is 10.0 Å². The van der Waals surface area contributed by atoms with Gasteiger partial charge in [-0.2, -0.15) is 0 Å². The van der Waals surface area contributed by atoms with E-state index in [-0.39, 0.29) is 23.3 Å². The molecular formula is C22H32N2O3S. The van der Waals surface area contributed by atoms with E-state index in [0.717, 1.165) is 11.8 Å². The van der Waals surface area contributed by atoms with Crippen LogP contribution in [-0.2, 0) is 14.8 Å². The van der Waals surface area contributed by atoms with E-state index < -0.39 is 15.6 Å². The Balaban J connectivity index is 1.39. The molecule has 0 atom stereocenters. The van der Waals surface area contributed by atoms with Crippen molar-refractivity contribution in [1.82, 2.24) is 10.0 Å². The highest BCUT2D eigenvalue weighted by molar-refractivity contribution is 7.89. The van der Waals surface area contributed by atoms with E-state index in [2.05, 4.69) is 10.0 Å². The molecule has 1 aromatic rings. The highest BCUT2D eigenvalue weighted by Crippen LogP contribution is 2.53. The summed E-state index contributed by atoms with van der Waals surface area (Å²) in [6, 6.07) is 7.19. The van der Waals surface area contributed by atoms with Gasteiger partial charge in [0.25, 0.3) is 0 Å². The second-order valence-corrected chi connectivity index (χ2v) is 11.6. The molecule has 4 fully saturated rings. The summed E-state index contributed by atoms with van der Waals surface area (Å²) in [6.07, 6.45) is 6.54. The van der Waals surface area contributed by atoms with Crippen molar-refractivity contribution in [3.8, 4) is 0 Å². The van der Waals surface area contributed by atoms with Crippen molar-refractivity contribution >= 4 is 15.9 Å². The van der Waals surface area contributed by atoms with Gasteiger partial charge in [0.05, 0.1) is 4.90 Å². The summed E-state index contributed by atoms with van der Waals surface area (Å²) < 4.78 is 28.3. The molecule has 4 aliphatic rings. The molecule has 4 bridgehead atoms. The highest BCUT2D eigenvalue weighted by Gasteiger charge is 2.48. The Labute approximate surface area is 168 Å². The maximum absolute atomic E-state index is 12.8. The normalized spacial score (nSPS) is 31.8. The minimum atomic E-state index is -3.67. The predicted octanol–water partition coefficient (Wildman–Crippen LogP) is 3.38. The van der Waals surface area contributed by atoms with Gasteiger partial charge >= 0.3 is 0 Å². The fourth-order valence-corrected chi connectivity index (χ4v) is 7.77. The summed E-state index contributed by atoms with van der Waals surface area (Å²) >= 11 is 0. The van der Waals surface area contributed by atoms with Gasteiger partial charge in [0, 0.05) is 18.0 Å². The van der Waals surface area contributed by atoms with E-state index in [1.54, 1.807) is 39.0 Å². The van der Waals surface area contributed by atoms with Crippen molar-refractivity contribution in [1.29, 1.82) is 0 Å². The van der Waals surface area contributed by atoms with Gasteiger partial charge in [-0.15, -0.1) is 0 Å². The van der Waals surface area contributed by atoms with Crippen LogP contribution in [0.15, 0.2) is 29.2 Å². The molecule has 1 aromatic carbocycles. The lowest BCUT2D eigenvalue weighted by molar-refractivity contribution is -0.126. The van der Waals surface area contributed by atoms with Crippen LogP contribution in [0.5, 0.6) is 0 Å². The first-order valence-electron chi connectivity index (χ1n) is 10.5. The van der Waals surface area contributed by atoms with Crippen molar-refractivity contribution in [3.05, 3.63) is 29.8 Å². The summed E-state index contributed by atoms with van der Waals surface area (Å²) in [7, 11) is -3.67. The highest BCUT2D eigenvalue weighted by atomic mass is 32.2. The average Bonchev–Trinajstić information content (AvgIpc) is 2.56. The Morgan fingerprint density at radius 2 is 1.61 bits per heavy atom. The van der Waals surface area contributed by atoms with E-state index in [1.165, 1.54) is 32.1 Å². The van der Waals surface area contributed by atoms with Crippen LogP contribution in [0.25, 0.3) is 0 Å². The third-order valence-electron chi connectivity index (χ3n) is 6.95. The SMILES string of the molecule is Cc1ccccc1S(=O)(=O)NC(C)(C)CC(=O)NC1C2CC3CC(C2)CC1C3. The summed E-state index contributed by atoms with van der Waals surface area (Å²) in [4.78, 5) is 13.1. The zero-order valence-electron chi connectivity index (χ0n) is 17.1. The molecule has 0 unspecified atom stereocenters. The smallest absolute Gasteiger partial charge is 0.241 e. The van der Waals surface area contributed by atoms with Crippen molar-refractivity contribution < 1.29 is 13.2 Å². The predicted molar refractivity (Wildman–Crippen MR) is 109 cm³/mol. The molecule has 5 nitrogen and oxygen atoms in total. The Bertz CT molecular complexity index is 834. The van der Waals surface area contributed by atoms with Gasteiger partial charge in [0.2, 0.25) is 15.9 Å². The molecule has 2 N–H and O–H groups in total. The third kappa shape index (κ3) is 3.99. The first kappa shape index (κ1) is 19.9.